The summed E-state index contributed by atoms with van der Waals surface area (Å²) in [5, 5.41) is 7.90. The maximum atomic E-state index is 12.4. The van der Waals surface area contributed by atoms with Crippen LogP contribution in [-0.2, 0) is 14.4 Å². The minimum Gasteiger partial charge on any atom is -0.443 e. The molecule has 8 heteroatoms. The Labute approximate surface area is 142 Å². The Morgan fingerprint density at radius 2 is 1.83 bits per heavy atom. The summed E-state index contributed by atoms with van der Waals surface area (Å²) in [6.45, 7) is 12.5. The lowest BCUT2D eigenvalue weighted by molar-refractivity contribution is -0.153. The zero-order chi connectivity index (χ0) is 18.5. The van der Waals surface area contributed by atoms with Crippen molar-refractivity contribution in [2.45, 2.75) is 54.1 Å². The van der Waals surface area contributed by atoms with Crippen molar-refractivity contribution in [1.82, 2.24) is 14.7 Å². The summed E-state index contributed by atoms with van der Waals surface area (Å²) >= 11 is 0. The van der Waals surface area contributed by atoms with E-state index >= 15 is 0 Å². The molecule has 0 bridgehead atoms. The molecule has 1 rings (SSSR count). The number of nitrogens with zero attached hydrogens (tertiary/aromatic N) is 4. The molecule has 1 aromatic heterocycles. The van der Waals surface area contributed by atoms with Crippen LogP contribution in [0.25, 0.3) is 0 Å². The molecule has 0 saturated heterocycles. The fourth-order valence-corrected chi connectivity index (χ4v) is 1.49. The fraction of sp³-hybridized carbons (Fsp3) is 0.625. The van der Waals surface area contributed by atoms with Crippen molar-refractivity contribution in [2.75, 3.05) is 6.54 Å². The van der Waals surface area contributed by atoms with Crippen molar-refractivity contribution >= 4 is 18.0 Å². The Morgan fingerprint density at radius 1 is 1.21 bits per heavy atom. The Kier molecular flexibility index (Phi) is 6.11. The monoisotopic (exact) mass is 338 g/mol. The van der Waals surface area contributed by atoms with E-state index in [1.807, 2.05) is 0 Å². The number of hydrogen-bond donors (Lipinski definition) is 0. The third-order valence-corrected chi connectivity index (χ3v) is 2.70. The van der Waals surface area contributed by atoms with E-state index in [4.69, 9.17) is 9.57 Å². The standard InChI is InChI=1S/C16H26N4O4/c1-8-19(14(22)23-16(5,6)7)13(20-11-9-10-17-20)18-24-12(21)15(2,3)4/h9-11H,8H2,1-7H3/b18-13+. The highest BCUT2D eigenvalue weighted by atomic mass is 16.7. The van der Waals surface area contributed by atoms with Gasteiger partial charge in [0.2, 0.25) is 0 Å². The van der Waals surface area contributed by atoms with E-state index in [0.717, 1.165) is 0 Å². The van der Waals surface area contributed by atoms with Crippen LogP contribution in [0.15, 0.2) is 23.6 Å². The predicted molar refractivity (Wildman–Crippen MR) is 89.2 cm³/mol. The van der Waals surface area contributed by atoms with Gasteiger partial charge in [-0.2, -0.15) is 5.10 Å². The molecule has 1 heterocycles. The molecular weight excluding hydrogens is 312 g/mol. The largest absolute Gasteiger partial charge is 0.443 e. The number of rotatable bonds is 2. The van der Waals surface area contributed by atoms with E-state index in [-0.39, 0.29) is 12.5 Å². The van der Waals surface area contributed by atoms with Crippen LogP contribution in [0.2, 0.25) is 0 Å². The number of oxime groups is 1. The molecule has 0 saturated carbocycles. The molecule has 24 heavy (non-hydrogen) atoms. The average Bonchev–Trinajstić information content (AvgIpc) is 2.93. The Hall–Kier alpha value is -2.38. The molecule has 1 amide bonds. The minimum absolute atomic E-state index is 0.0503. The summed E-state index contributed by atoms with van der Waals surface area (Å²) in [5.41, 5.74) is -1.39. The van der Waals surface area contributed by atoms with Crippen molar-refractivity contribution in [1.29, 1.82) is 0 Å². The molecule has 134 valence electrons. The second-order valence-corrected chi connectivity index (χ2v) is 7.20. The molecule has 0 N–H and O–H groups in total. The molecule has 0 aromatic carbocycles. The summed E-state index contributed by atoms with van der Waals surface area (Å²) < 4.78 is 6.71. The van der Waals surface area contributed by atoms with E-state index in [1.165, 1.54) is 15.8 Å². The van der Waals surface area contributed by atoms with Crippen molar-refractivity contribution in [3.8, 4) is 0 Å². The number of carbonyl (C=O) groups is 2. The fourth-order valence-electron chi connectivity index (χ4n) is 1.49. The molecule has 0 atom stereocenters. The first-order valence-corrected chi connectivity index (χ1v) is 7.75. The highest BCUT2D eigenvalue weighted by molar-refractivity contribution is 5.95. The lowest BCUT2D eigenvalue weighted by atomic mass is 9.98. The lowest BCUT2D eigenvalue weighted by Crippen LogP contribution is -2.44. The van der Waals surface area contributed by atoms with Crippen molar-refractivity contribution in [3.63, 3.8) is 0 Å². The zero-order valence-electron chi connectivity index (χ0n) is 15.4. The Bertz CT molecular complexity index is 595. The Balaban J connectivity index is 3.13. The van der Waals surface area contributed by atoms with Crippen LogP contribution in [-0.4, -0.2) is 44.8 Å². The summed E-state index contributed by atoms with van der Waals surface area (Å²) in [5.74, 6) is -0.471. The topological polar surface area (TPSA) is 86.0 Å². The van der Waals surface area contributed by atoms with Crippen LogP contribution in [0.3, 0.4) is 0 Å². The van der Waals surface area contributed by atoms with E-state index in [0.29, 0.717) is 0 Å². The average molecular weight is 338 g/mol. The molecule has 0 spiro atoms. The second-order valence-electron chi connectivity index (χ2n) is 7.20. The van der Waals surface area contributed by atoms with Crippen molar-refractivity contribution in [3.05, 3.63) is 18.5 Å². The molecular formula is C16H26N4O4. The van der Waals surface area contributed by atoms with Gasteiger partial charge < -0.3 is 9.57 Å². The highest BCUT2D eigenvalue weighted by Crippen LogP contribution is 2.16. The van der Waals surface area contributed by atoms with E-state index in [2.05, 4.69) is 10.3 Å². The normalized spacial score (nSPS) is 12.7. The summed E-state index contributed by atoms with van der Waals surface area (Å²) in [6.07, 6.45) is 2.52. The van der Waals surface area contributed by atoms with E-state index in [9.17, 15) is 9.59 Å². The summed E-state index contributed by atoms with van der Waals surface area (Å²) in [6, 6.07) is 1.67. The summed E-state index contributed by atoms with van der Waals surface area (Å²) in [4.78, 5) is 30.6. The van der Waals surface area contributed by atoms with Gasteiger partial charge in [0.1, 0.15) is 5.60 Å². The molecule has 0 radical (unpaired) electrons. The molecule has 0 aliphatic heterocycles. The number of hydrogen-bond acceptors (Lipinski definition) is 6. The number of ether oxygens (including phenoxy) is 1. The first kappa shape index (κ1) is 19.7. The molecule has 0 unspecified atom stereocenters. The first-order valence-electron chi connectivity index (χ1n) is 7.75. The quantitative estimate of drug-likeness (QED) is 0.358. The second kappa shape index (κ2) is 7.46. The van der Waals surface area contributed by atoms with Gasteiger partial charge in [-0.1, -0.05) is 0 Å². The van der Waals surface area contributed by atoms with Crippen LogP contribution >= 0.6 is 0 Å². The third kappa shape index (κ3) is 5.68. The van der Waals surface area contributed by atoms with Gasteiger partial charge in [0.05, 0.1) is 5.41 Å². The van der Waals surface area contributed by atoms with Gasteiger partial charge >= 0.3 is 12.1 Å². The van der Waals surface area contributed by atoms with Gasteiger partial charge in [0.25, 0.3) is 5.96 Å². The van der Waals surface area contributed by atoms with Gasteiger partial charge in [0, 0.05) is 18.9 Å². The van der Waals surface area contributed by atoms with Crippen LogP contribution in [0.5, 0.6) is 0 Å². The van der Waals surface area contributed by atoms with Crippen LogP contribution in [0, 0.1) is 5.41 Å². The van der Waals surface area contributed by atoms with E-state index < -0.39 is 23.1 Å². The molecule has 0 fully saturated rings. The molecule has 8 nitrogen and oxygen atoms in total. The maximum absolute atomic E-state index is 12.4. The van der Waals surface area contributed by atoms with Crippen LogP contribution < -0.4 is 0 Å². The maximum Gasteiger partial charge on any atom is 0.417 e. The smallest absolute Gasteiger partial charge is 0.417 e. The highest BCUT2D eigenvalue weighted by Gasteiger charge is 2.28. The van der Waals surface area contributed by atoms with Gasteiger partial charge in [-0.05, 0) is 59.7 Å². The van der Waals surface area contributed by atoms with Gasteiger partial charge in [-0.25, -0.2) is 19.2 Å². The van der Waals surface area contributed by atoms with E-state index in [1.54, 1.807) is 60.7 Å². The first-order chi connectivity index (χ1) is 11.0. The molecule has 0 aliphatic rings. The summed E-state index contributed by atoms with van der Waals surface area (Å²) in [7, 11) is 0. The predicted octanol–water partition coefficient (Wildman–Crippen LogP) is 2.85. The zero-order valence-corrected chi connectivity index (χ0v) is 15.4. The van der Waals surface area contributed by atoms with Crippen LogP contribution in [0.4, 0.5) is 4.79 Å². The third-order valence-electron chi connectivity index (χ3n) is 2.70. The number of aromatic nitrogens is 2. The SMILES string of the molecule is CCN(C(=O)OC(C)(C)C)/C(=N\OC(=O)C(C)(C)C)n1cccn1. The van der Waals surface area contributed by atoms with Crippen molar-refractivity contribution < 1.29 is 19.2 Å². The van der Waals surface area contributed by atoms with Gasteiger partial charge in [0.15, 0.2) is 0 Å². The molecule has 0 aliphatic carbocycles. The number of carbonyl (C=O) groups excluding carboxylic acids is 2. The molecule has 1 aromatic rings. The van der Waals surface area contributed by atoms with Gasteiger partial charge in [-0.15, -0.1) is 0 Å². The minimum atomic E-state index is -0.721. The lowest BCUT2D eigenvalue weighted by Gasteiger charge is -2.26. The van der Waals surface area contributed by atoms with Crippen molar-refractivity contribution in [2.24, 2.45) is 10.6 Å². The van der Waals surface area contributed by atoms with Crippen LogP contribution in [0.1, 0.15) is 48.5 Å². The number of amides is 1. The van der Waals surface area contributed by atoms with Gasteiger partial charge in [-0.3, -0.25) is 0 Å². The Morgan fingerprint density at radius 3 is 2.25 bits per heavy atom.